The lowest BCUT2D eigenvalue weighted by Crippen LogP contribution is -2.27. The SMILES string of the molecule is CC(C)C(O)C(=O)Cc1ccc(C(F)(F)F)cc1. The predicted molar refractivity (Wildman–Crippen MR) is 61.0 cm³/mol. The third-order valence-corrected chi connectivity index (χ3v) is 2.62. The number of carbonyl (C=O) groups is 1. The van der Waals surface area contributed by atoms with E-state index in [4.69, 9.17) is 0 Å². The molecule has 0 aliphatic carbocycles. The molecule has 1 N–H and O–H groups in total. The summed E-state index contributed by atoms with van der Waals surface area (Å²) in [5, 5.41) is 9.51. The van der Waals surface area contributed by atoms with E-state index in [0.29, 0.717) is 5.56 Å². The number of aliphatic hydroxyl groups excluding tert-OH is 1. The van der Waals surface area contributed by atoms with Crippen molar-refractivity contribution in [1.29, 1.82) is 0 Å². The van der Waals surface area contributed by atoms with Gasteiger partial charge in [-0.25, -0.2) is 0 Å². The number of hydrogen-bond donors (Lipinski definition) is 1. The highest BCUT2D eigenvalue weighted by atomic mass is 19.4. The molecule has 2 nitrogen and oxygen atoms in total. The van der Waals surface area contributed by atoms with Crippen LogP contribution in [-0.4, -0.2) is 17.0 Å². The number of hydrogen-bond acceptors (Lipinski definition) is 2. The van der Waals surface area contributed by atoms with Gasteiger partial charge in [0.15, 0.2) is 5.78 Å². The van der Waals surface area contributed by atoms with Gasteiger partial charge >= 0.3 is 6.18 Å². The average molecular weight is 260 g/mol. The van der Waals surface area contributed by atoms with Crippen LogP contribution in [0.25, 0.3) is 0 Å². The first-order valence-corrected chi connectivity index (χ1v) is 5.58. The average Bonchev–Trinajstić information content (AvgIpc) is 2.27. The molecule has 0 aliphatic rings. The predicted octanol–water partition coefficient (Wildman–Crippen LogP) is 2.83. The van der Waals surface area contributed by atoms with Gasteiger partial charge in [-0.05, 0) is 23.6 Å². The number of carbonyl (C=O) groups excluding carboxylic acids is 1. The summed E-state index contributed by atoms with van der Waals surface area (Å²) < 4.78 is 36.9. The minimum Gasteiger partial charge on any atom is -0.385 e. The fourth-order valence-corrected chi connectivity index (χ4v) is 1.49. The van der Waals surface area contributed by atoms with E-state index in [2.05, 4.69) is 0 Å². The van der Waals surface area contributed by atoms with Crippen molar-refractivity contribution in [1.82, 2.24) is 0 Å². The second kappa shape index (κ2) is 5.52. The highest BCUT2D eigenvalue weighted by molar-refractivity contribution is 5.85. The van der Waals surface area contributed by atoms with Crippen LogP contribution < -0.4 is 0 Å². The molecule has 0 spiro atoms. The van der Waals surface area contributed by atoms with Gasteiger partial charge in [0.25, 0.3) is 0 Å². The Bertz CT molecular complexity index is 407. The number of Topliss-reactive ketones (excluding diaryl/α,β-unsaturated/α-hetero) is 1. The van der Waals surface area contributed by atoms with Crippen LogP contribution in [-0.2, 0) is 17.4 Å². The molecule has 1 atom stereocenters. The van der Waals surface area contributed by atoms with Crippen molar-refractivity contribution in [2.24, 2.45) is 5.92 Å². The molecule has 0 aromatic heterocycles. The Kier molecular flexibility index (Phi) is 4.51. The third-order valence-electron chi connectivity index (χ3n) is 2.62. The summed E-state index contributed by atoms with van der Waals surface area (Å²) in [6.45, 7) is 3.41. The smallest absolute Gasteiger partial charge is 0.385 e. The summed E-state index contributed by atoms with van der Waals surface area (Å²) in [5.41, 5.74) is -0.282. The van der Waals surface area contributed by atoms with Crippen LogP contribution in [0.2, 0.25) is 0 Å². The van der Waals surface area contributed by atoms with E-state index >= 15 is 0 Å². The third kappa shape index (κ3) is 3.84. The monoisotopic (exact) mass is 260 g/mol. The first-order valence-electron chi connectivity index (χ1n) is 5.58. The van der Waals surface area contributed by atoms with Crippen molar-refractivity contribution < 1.29 is 23.1 Å². The lowest BCUT2D eigenvalue weighted by molar-refractivity contribution is -0.137. The molecular formula is C13H15F3O2. The second-order valence-electron chi connectivity index (χ2n) is 4.53. The van der Waals surface area contributed by atoms with Crippen LogP contribution in [0.4, 0.5) is 13.2 Å². The molecule has 0 saturated heterocycles. The Labute approximate surface area is 103 Å². The summed E-state index contributed by atoms with van der Waals surface area (Å²) in [7, 11) is 0. The molecule has 0 bridgehead atoms. The topological polar surface area (TPSA) is 37.3 Å². The van der Waals surface area contributed by atoms with Gasteiger partial charge < -0.3 is 5.11 Å². The van der Waals surface area contributed by atoms with E-state index in [1.54, 1.807) is 13.8 Å². The van der Waals surface area contributed by atoms with Gasteiger partial charge in [-0.2, -0.15) is 13.2 Å². The van der Waals surface area contributed by atoms with Crippen LogP contribution in [0.15, 0.2) is 24.3 Å². The maximum atomic E-state index is 12.3. The summed E-state index contributed by atoms with van der Waals surface area (Å²) >= 11 is 0. The first-order chi connectivity index (χ1) is 8.21. The van der Waals surface area contributed by atoms with Crippen molar-refractivity contribution in [3.63, 3.8) is 0 Å². The molecule has 18 heavy (non-hydrogen) atoms. The van der Waals surface area contributed by atoms with Crippen LogP contribution in [0.3, 0.4) is 0 Å². The number of alkyl halides is 3. The summed E-state index contributed by atoms with van der Waals surface area (Å²) in [4.78, 5) is 11.6. The van der Waals surface area contributed by atoms with Crippen molar-refractivity contribution in [3.8, 4) is 0 Å². The molecular weight excluding hydrogens is 245 g/mol. The van der Waals surface area contributed by atoms with E-state index < -0.39 is 17.8 Å². The first kappa shape index (κ1) is 14.7. The number of aliphatic hydroxyl groups is 1. The van der Waals surface area contributed by atoms with E-state index in [9.17, 15) is 23.1 Å². The van der Waals surface area contributed by atoms with Gasteiger partial charge in [-0.1, -0.05) is 26.0 Å². The lowest BCUT2D eigenvalue weighted by Gasteiger charge is -2.13. The van der Waals surface area contributed by atoms with E-state index in [1.165, 1.54) is 12.1 Å². The molecule has 100 valence electrons. The van der Waals surface area contributed by atoms with Gasteiger partial charge in [-0.15, -0.1) is 0 Å². The Hall–Kier alpha value is -1.36. The zero-order valence-electron chi connectivity index (χ0n) is 10.2. The Morgan fingerprint density at radius 3 is 2.11 bits per heavy atom. The van der Waals surface area contributed by atoms with Crippen molar-refractivity contribution in [2.75, 3.05) is 0 Å². The molecule has 0 fully saturated rings. The molecule has 0 aliphatic heterocycles. The highest BCUT2D eigenvalue weighted by Crippen LogP contribution is 2.29. The minimum atomic E-state index is -4.38. The Morgan fingerprint density at radius 1 is 1.22 bits per heavy atom. The largest absolute Gasteiger partial charge is 0.416 e. The summed E-state index contributed by atoms with van der Waals surface area (Å²) in [5.74, 6) is -0.586. The maximum absolute atomic E-state index is 12.3. The summed E-state index contributed by atoms with van der Waals surface area (Å²) in [6.07, 6.45) is -5.51. The Morgan fingerprint density at radius 2 is 1.72 bits per heavy atom. The summed E-state index contributed by atoms with van der Waals surface area (Å²) in [6, 6.07) is 4.39. The number of rotatable bonds is 4. The van der Waals surface area contributed by atoms with Crippen LogP contribution in [0.5, 0.6) is 0 Å². The maximum Gasteiger partial charge on any atom is 0.416 e. The lowest BCUT2D eigenvalue weighted by atomic mass is 9.97. The van der Waals surface area contributed by atoms with Crippen molar-refractivity contribution in [3.05, 3.63) is 35.4 Å². The van der Waals surface area contributed by atoms with Crippen LogP contribution >= 0.6 is 0 Å². The zero-order valence-corrected chi connectivity index (χ0v) is 10.2. The number of benzene rings is 1. The van der Waals surface area contributed by atoms with Crippen LogP contribution in [0.1, 0.15) is 25.0 Å². The molecule has 1 aromatic carbocycles. The number of ketones is 1. The van der Waals surface area contributed by atoms with E-state index in [-0.39, 0.29) is 18.1 Å². The molecule has 5 heteroatoms. The molecule has 0 radical (unpaired) electrons. The zero-order chi connectivity index (χ0) is 13.9. The van der Waals surface area contributed by atoms with Gasteiger partial charge in [0, 0.05) is 6.42 Å². The van der Waals surface area contributed by atoms with Crippen LogP contribution in [0, 0.1) is 5.92 Å². The number of halogens is 3. The van der Waals surface area contributed by atoms with Gasteiger partial charge in [-0.3, -0.25) is 4.79 Å². The van der Waals surface area contributed by atoms with E-state index in [1.807, 2.05) is 0 Å². The quantitative estimate of drug-likeness (QED) is 0.903. The van der Waals surface area contributed by atoms with Crippen molar-refractivity contribution in [2.45, 2.75) is 32.5 Å². The van der Waals surface area contributed by atoms with Gasteiger partial charge in [0.2, 0.25) is 0 Å². The van der Waals surface area contributed by atoms with Gasteiger partial charge in [0.1, 0.15) is 6.10 Å². The molecule has 1 aromatic rings. The molecule has 1 unspecified atom stereocenters. The van der Waals surface area contributed by atoms with Gasteiger partial charge in [0.05, 0.1) is 5.56 Å². The van der Waals surface area contributed by atoms with Crippen molar-refractivity contribution >= 4 is 5.78 Å². The molecule has 0 heterocycles. The Balaban J connectivity index is 2.73. The highest BCUT2D eigenvalue weighted by Gasteiger charge is 2.30. The standard InChI is InChI=1S/C13H15F3O2/c1-8(2)12(18)11(17)7-9-3-5-10(6-4-9)13(14,15)16/h3-6,8,12,18H,7H2,1-2H3. The fraction of sp³-hybridized carbons (Fsp3) is 0.462. The molecule has 0 saturated carbocycles. The minimum absolute atomic E-state index is 0.0581. The molecule has 1 rings (SSSR count). The normalized spacial score (nSPS) is 13.7. The second-order valence-corrected chi connectivity index (χ2v) is 4.53. The van der Waals surface area contributed by atoms with E-state index in [0.717, 1.165) is 12.1 Å². The molecule has 0 amide bonds. The fourth-order valence-electron chi connectivity index (χ4n) is 1.49.